The molecule has 0 bridgehead atoms. The molecule has 0 saturated carbocycles. The Morgan fingerprint density at radius 2 is 0.600 bits per heavy atom. The first-order valence-corrected chi connectivity index (χ1v) is 21.6. The Morgan fingerprint density at radius 3 is 0.867 bits per heavy atom. The van der Waals surface area contributed by atoms with Gasteiger partial charge in [-0.05, 0) is 59.4 Å². The average Bonchev–Trinajstić information content (AvgIpc) is 3.05. The van der Waals surface area contributed by atoms with Crippen molar-refractivity contribution in [1.82, 2.24) is 10.2 Å². The number of alkyl halides is 1. The SMILES string of the molecule is CCCCCCCCCCCl.CCCCCCCCCCN(C)CCCCCCCCCC.CCCCCCCCCCNC. The number of rotatable bonds is 35. The normalized spacial score (nSPS) is 10.9. The summed E-state index contributed by atoms with van der Waals surface area (Å²) in [6, 6.07) is 0. The van der Waals surface area contributed by atoms with Crippen LogP contribution in [0.25, 0.3) is 0 Å². The second kappa shape index (κ2) is 51.1. The summed E-state index contributed by atoms with van der Waals surface area (Å²) in [5.41, 5.74) is 0. The third kappa shape index (κ3) is 56.9. The van der Waals surface area contributed by atoms with Gasteiger partial charge in [0.1, 0.15) is 0 Å². The first-order chi connectivity index (χ1) is 22.1. The second-order valence-electron chi connectivity index (χ2n) is 14.0. The molecule has 0 aliphatic rings. The molecule has 0 radical (unpaired) electrons. The number of hydrogen-bond acceptors (Lipinski definition) is 2. The maximum absolute atomic E-state index is 5.56. The topological polar surface area (TPSA) is 15.3 Å². The van der Waals surface area contributed by atoms with E-state index in [4.69, 9.17) is 11.6 Å². The smallest absolute Gasteiger partial charge is 0.0223 e. The predicted octanol–water partition coefficient (Wildman–Crippen LogP) is 14.9. The van der Waals surface area contributed by atoms with Crippen LogP contribution >= 0.6 is 11.6 Å². The zero-order valence-corrected chi connectivity index (χ0v) is 33.5. The van der Waals surface area contributed by atoms with E-state index >= 15 is 0 Å². The zero-order valence-electron chi connectivity index (χ0n) is 32.8. The lowest BCUT2D eigenvalue weighted by molar-refractivity contribution is 0.314. The van der Waals surface area contributed by atoms with Gasteiger partial charge in [-0.25, -0.2) is 0 Å². The van der Waals surface area contributed by atoms with Crippen LogP contribution in [0, 0.1) is 0 Å². The number of halogens is 1. The Bertz CT molecular complexity index is 406. The standard InChI is InChI=1S/C21H45N.C11H25N.C10H21Cl/c1-4-6-8-10-12-14-16-18-20-22(3)21-19-17-15-13-11-9-7-5-2;1-3-4-5-6-7-8-9-10-11-12-2;1-2-3-4-5-6-7-8-9-10-11/h4-21H2,1-3H3;12H,3-11H2,1-2H3;2-10H2,1H3. The van der Waals surface area contributed by atoms with Gasteiger partial charge in [-0.1, -0.05) is 207 Å². The van der Waals surface area contributed by atoms with Gasteiger partial charge >= 0.3 is 0 Å². The van der Waals surface area contributed by atoms with Crippen LogP contribution in [0.2, 0.25) is 0 Å². The minimum Gasteiger partial charge on any atom is -0.320 e. The highest BCUT2D eigenvalue weighted by molar-refractivity contribution is 6.17. The molecule has 0 spiro atoms. The molecule has 0 aliphatic carbocycles. The molecule has 0 unspecified atom stereocenters. The molecular weight excluding hydrogens is 568 g/mol. The van der Waals surface area contributed by atoms with Crippen molar-refractivity contribution in [2.75, 3.05) is 39.6 Å². The second-order valence-corrected chi connectivity index (χ2v) is 14.4. The van der Waals surface area contributed by atoms with Crippen LogP contribution < -0.4 is 5.32 Å². The fourth-order valence-corrected chi connectivity index (χ4v) is 6.00. The van der Waals surface area contributed by atoms with Crippen molar-refractivity contribution in [3.8, 4) is 0 Å². The maximum Gasteiger partial charge on any atom is 0.0223 e. The first-order valence-electron chi connectivity index (χ1n) is 21.0. The van der Waals surface area contributed by atoms with Crippen LogP contribution in [-0.4, -0.2) is 44.5 Å². The molecular formula is C42H91ClN2. The van der Waals surface area contributed by atoms with Gasteiger partial charge in [0.05, 0.1) is 0 Å². The Hall–Kier alpha value is 0.210. The molecule has 0 fully saturated rings. The lowest BCUT2D eigenvalue weighted by Crippen LogP contribution is -2.20. The van der Waals surface area contributed by atoms with Crippen LogP contribution in [-0.2, 0) is 0 Å². The van der Waals surface area contributed by atoms with Crippen molar-refractivity contribution in [2.45, 2.75) is 233 Å². The molecule has 276 valence electrons. The average molecular weight is 660 g/mol. The Labute approximate surface area is 293 Å². The van der Waals surface area contributed by atoms with Gasteiger partial charge in [0.15, 0.2) is 0 Å². The summed E-state index contributed by atoms with van der Waals surface area (Å²) in [6.45, 7) is 12.9. The molecule has 0 rings (SSSR count). The van der Waals surface area contributed by atoms with Crippen molar-refractivity contribution >= 4 is 11.6 Å². The molecule has 0 aromatic heterocycles. The van der Waals surface area contributed by atoms with Crippen molar-refractivity contribution in [1.29, 1.82) is 0 Å². The van der Waals surface area contributed by atoms with E-state index < -0.39 is 0 Å². The minimum atomic E-state index is 0.842. The summed E-state index contributed by atoms with van der Waals surface area (Å²) in [5, 5.41) is 3.18. The summed E-state index contributed by atoms with van der Waals surface area (Å²) < 4.78 is 0. The third-order valence-electron chi connectivity index (χ3n) is 9.05. The first kappa shape index (κ1) is 49.6. The Kier molecular flexibility index (Phi) is 56.3. The van der Waals surface area contributed by atoms with Crippen LogP contribution in [0.1, 0.15) is 233 Å². The van der Waals surface area contributed by atoms with Gasteiger partial charge < -0.3 is 10.2 Å². The van der Waals surface area contributed by atoms with Crippen LogP contribution in [0.15, 0.2) is 0 Å². The lowest BCUT2D eigenvalue weighted by Gasteiger charge is -2.16. The largest absolute Gasteiger partial charge is 0.320 e. The van der Waals surface area contributed by atoms with E-state index in [0.717, 1.165) is 5.88 Å². The fraction of sp³-hybridized carbons (Fsp3) is 1.00. The molecule has 0 aliphatic heterocycles. The third-order valence-corrected chi connectivity index (χ3v) is 9.32. The molecule has 2 nitrogen and oxygen atoms in total. The number of unbranched alkanes of at least 4 members (excludes halogenated alkanes) is 28. The molecule has 0 aromatic rings. The van der Waals surface area contributed by atoms with E-state index in [0.29, 0.717) is 0 Å². The van der Waals surface area contributed by atoms with Gasteiger partial charge in [-0.3, -0.25) is 0 Å². The lowest BCUT2D eigenvalue weighted by atomic mass is 10.1. The van der Waals surface area contributed by atoms with Crippen LogP contribution in [0.5, 0.6) is 0 Å². The van der Waals surface area contributed by atoms with Crippen LogP contribution in [0.4, 0.5) is 0 Å². The Balaban J connectivity index is -0.000000647. The zero-order chi connectivity index (χ0) is 33.7. The molecule has 0 amide bonds. The highest BCUT2D eigenvalue weighted by Crippen LogP contribution is 2.11. The number of nitrogens with one attached hydrogen (secondary N) is 1. The summed E-state index contributed by atoms with van der Waals surface area (Å²) >= 11 is 5.56. The van der Waals surface area contributed by atoms with Gasteiger partial charge in [0, 0.05) is 5.88 Å². The highest BCUT2D eigenvalue weighted by atomic mass is 35.5. The van der Waals surface area contributed by atoms with Crippen molar-refractivity contribution in [2.24, 2.45) is 0 Å². The van der Waals surface area contributed by atoms with E-state index in [1.165, 1.54) is 225 Å². The summed E-state index contributed by atoms with van der Waals surface area (Å²) in [6.07, 6.45) is 45.2. The van der Waals surface area contributed by atoms with Gasteiger partial charge in [-0.2, -0.15) is 0 Å². The van der Waals surface area contributed by atoms with Crippen molar-refractivity contribution < 1.29 is 0 Å². The van der Waals surface area contributed by atoms with Crippen LogP contribution in [0.3, 0.4) is 0 Å². The van der Waals surface area contributed by atoms with E-state index in [1.807, 2.05) is 7.05 Å². The van der Waals surface area contributed by atoms with Gasteiger partial charge in [-0.15, -0.1) is 11.6 Å². The monoisotopic (exact) mass is 659 g/mol. The van der Waals surface area contributed by atoms with Crippen molar-refractivity contribution in [3.63, 3.8) is 0 Å². The summed E-state index contributed by atoms with van der Waals surface area (Å²) in [7, 11) is 4.34. The van der Waals surface area contributed by atoms with Gasteiger partial charge in [0.25, 0.3) is 0 Å². The minimum absolute atomic E-state index is 0.842. The molecule has 1 N–H and O–H groups in total. The van der Waals surface area contributed by atoms with E-state index in [-0.39, 0.29) is 0 Å². The maximum atomic E-state index is 5.56. The number of hydrogen-bond donors (Lipinski definition) is 1. The molecule has 3 heteroatoms. The quantitative estimate of drug-likeness (QED) is 0.0538. The number of nitrogens with zero attached hydrogens (tertiary/aromatic N) is 1. The fourth-order valence-electron chi connectivity index (χ4n) is 5.81. The highest BCUT2D eigenvalue weighted by Gasteiger charge is 1.99. The Morgan fingerprint density at radius 1 is 0.356 bits per heavy atom. The molecule has 0 aromatic carbocycles. The summed E-state index contributed by atoms with van der Waals surface area (Å²) in [5.74, 6) is 0.842. The van der Waals surface area contributed by atoms with Crippen molar-refractivity contribution in [3.05, 3.63) is 0 Å². The summed E-state index contributed by atoms with van der Waals surface area (Å²) in [4.78, 5) is 2.55. The molecule has 0 heterocycles. The van der Waals surface area contributed by atoms with E-state index in [9.17, 15) is 0 Å². The van der Waals surface area contributed by atoms with Gasteiger partial charge in [0.2, 0.25) is 0 Å². The predicted molar refractivity (Wildman–Crippen MR) is 213 cm³/mol. The molecule has 0 saturated heterocycles. The van der Waals surface area contributed by atoms with E-state index in [1.54, 1.807) is 0 Å². The molecule has 0 atom stereocenters. The molecule has 45 heavy (non-hydrogen) atoms. The van der Waals surface area contributed by atoms with E-state index in [2.05, 4.69) is 45.0 Å².